The number of rotatable bonds is 8. The summed E-state index contributed by atoms with van der Waals surface area (Å²) in [6, 6.07) is 15.1. The Labute approximate surface area is 213 Å². The van der Waals surface area contributed by atoms with Gasteiger partial charge in [0, 0.05) is 23.7 Å². The van der Waals surface area contributed by atoms with Crippen molar-refractivity contribution in [2.24, 2.45) is 11.3 Å². The highest BCUT2D eigenvalue weighted by molar-refractivity contribution is 6.31. The molecule has 188 valence electrons. The molecule has 1 saturated heterocycles. The number of halogens is 1. The Bertz CT molecular complexity index is 1060. The Hall–Kier alpha value is -2.86. The van der Waals surface area contributed by atoms with Crippen molar-refractivity contribution < 1.29 is 14.4 Å². The van der Waals surface area contributed by atoms with Crippen LogP contribution < -0.4 is 4.90 Å². The maximum Gasteiger partial charge on any atom is 0.248 e. The molecule has 3 amide bonds. The first-order valence-corrected chi connectivity index (χ1v) is 12.5. The van der Waals surface area contributed by atoms with Crippen molar-refractivity contribution in [3.8, 4) is 0 Å². The third-order valence-corrected chi connectivity index (χ3v) is 6.61. The molecule has 1 aliphatic heterocycles. The van der Waals surface area contributed by atoms with Crippen LogP contribution in [0.15, 0.2) is 48.5 Å². The van der Waals surface area contributed by atoms with Gasteiger partial charge < -0.3 is 9.80 Å². The first kappa shape index (κ1) is 26.7. The van der Waals surface area contributed by atoms with Gasteiger partial charge in [-0.1, -0.05) is 75.7 Å². The summed E-state index contributed by atoms with van der Waals surface area (Å²) in [5.74, 6) is -0.255. The third kappa shape index (κ3) is 7.31. The van der Waals surface area contributed by atoms with E-state index in [2.05, 4.69) is 27.7 Å². The molecular weight excluding hydrogens is 462 g/mol. The minimum Gasteiger partial charge on any atom is -0.329 e. The Morgan fingerprint density at radius 1 is 1.09 bits per heavy atom. The van der Waals surface area contributed by atoms with E-state index in [9.17, 15) is 14.4 Å². The minimum absolute atomic E-state index is 0.0153. The predicted molar refractivity (Wildman–Crippen MR) is 140 cm³/mol. The maximum absolute atomic E-state index is 13.3. The van der Waals surface area contributed by atoms with Crippen molar-refractivity contribution in [3.63, 3.8) is 0 Å². The smallest absolute Gasteiger partial charge is 0.248 e. The number of amides is 3. The molecule has 1 unspecified atom stereocenters. The van der Waals surface area contributed by atoms with Crippen LogP contribution in [-0.4, -0.2) is 47.3 Å². The molecule has 0 N–H and O–H groups in total. The summed E-state index contributed by atoms with van der Waals surface area (Å²) in [4.78, 5) is 44.0. The third-order valence-electron chi connectivity index (χ3n) is 6.20. The van der Waals surface area contributed by atoms with E-state index in [0.717, 1.165) is 17.5 Å². The fourth-order valence-corrected chi connectivity index (χ4v) is 4.83. The zero-order chi connectivity index (χ0) is 25.8. The lowest BCUT2D eigenvalue weighted by atomic mass is 9.84. The van der Waals surface area contributed by atoms with E-state index in [0.29, 0.717) is 23.7 Å². The number of carbonyl (C=O) groups is 3. The summed E-state index contributed by atoms with van der Waals surface area (Å²) in [6.07, 6.45) is 1.30. The van der Waals surface area contributed by atoms with Crippen LogP contribution in [0.5, 0.6) is 0 Å². The van der Waals surface area contributed by atoms with Gasteiger partial charge in [0.1, 0.15) is 19.8 Å². The zero-order valence-electron chi connectivity index (χ0n) is 21.4. The second-order valence-electron chi connectivity index (χ2n) is 10.7. The molecule has 6 nitrogen and oxygen atoms in total. The molecule has 0 saturated carbocycles. The highest BCUT2D eigenvalue weighted by Gasteiger charge is 2.34. The monoisotopic (exact) mass is 497 g/mol. The van der Waals surface area contributed by atoms with Gasteiger partial charge in [0.25, 0.3) is 0 Å². The van der Waals surface area contributed by atoms with Gasteiger partial charge in [0.2, 0.25) is 17.7 Å². The SMILES string of the molecule is Cc1c(Cl)cccc1N1CN(C(=O)CN(Cc2ccccc2)C(=O)CC(C)CC(C)(C)C)CC1=O. The topological polar surface area (TPSA) is 60.9 Å². The van der Waals surface area contributed by atoms with E-state index in [1.54, 1.807) is 21.9 Å². The van der Waals surface area contributed by atoms with Gasteiger partial charge in [-0.3, -0.25) is 19.3 Å². The Kier molecular flexibility index (Phi) is 8.60. The molecule has 1 fully saturated rings. The summed E-state index contributed by atoms with van der Waals surface area (Å²) in [5.41, 5.74) is 2.58. The molecule has 0 aromatic heterocycles. The predicted octanol–water partition coefficient (Wildman–Crippen LogP) is 5.27. The molecule has 1 aliphatic rings. The quantitative estimate of drug-likeness (QED) is 0.499. The normalized spacial score (nSPS) is 14.9. The van der Waals surface area contributed by atoms with Crippen LogP contribution >= 0.6 is 11.6 Å². The number of anilines is 1. The van der Waals surface area contributed by atoms with Crippen LogP contribution in [0, 0.1) is 18.3 Å². The van der Waals surface area contributed by atoms with E-state index >= 15 is 0 Å². The van der Waals surface area contributed by atoms with Crippen molar-refractivity contribution in [3.05, 3.63) is 64.7 Å². The molecule has 0 aliphatic carbocycles. The fraction of sp³-hybridized carbons (Fsp3) is 0.464. The van der Waals surface area contributed by atoms with Gasteiger partial charge in [-0.15, -0.1) is 0 Å². The van der Waals surface area contributed by atoms with Gasteiger partial charge in [-0.25, -0.2) is 0 Å². The van der Waals surface area contributed by atoms with E-state index in [-0.39, 0.29) is 48.8 Å². The van der Waals surface area contributed by atoms with Crippen LogP contribution in [0.2, 0.25) is 5.02 Å². The minimum atomic E-state index is -0.242. The lowest BCUT2D eigenvalue weighted by Gasteiger charge is -2.28. The number of benzene rings is 2. The molecule has 0 radical (unpaired) electrons. The van der Waals surface area contributed by atoms with Gasteiger partial charge in [0.15, 0.2) is 0 Å². The molecule has 0 bridgehead atoms. The highest BCUT2D eigenvalue weighted by Crippen LogP contribution is 2.29. The van der Waals surface area contributed by atoms with Gasteiger partial charge in [0.05, 0.1) is 0 Å². The van der Waals surface area contributed by atoms with Gasteiger partial charge in [-0.2, -0.15) is 0 Å². The number of hydrogen-bond acceptors (Lipinski definition) is 3. The molecule has 2 aromatic rings. The van der Waals surface area contributed by atoms with Crippen molar-refractivity contribution in [1.82, 2.24) is 9.80 Å². The molecule has 2 aromatic carbocycles. The van der Waals surface area contributed by atoms with Crippen LogP contribution in [0.3, 0.4) is 0 Å². The summed E-state index contributed by atoms with van der Waals surface area (Å²) in [7, 11) is 0. The van der Waals surface area contributed by atoms with Crippen molar-refractivity contribution in [1.29, 1.82) is 0 Å². The second kappa shape index (κ2) is 11.3. The average molecular weight is 498 g/mol. The lowest BCUT2D eigenvalue weighted by Crippen LogP contribution is -2.43. The summed E-state index contributed by atoms with van der Waals surface area (Å²) >= 11 is 6.24. The van der Waals surface area contributed by atoms with Crippen LogP contribution in [0.25, 0.3) is 0 Å². The summed E-state index contributed by atoms with van der Waals surface area (Å²) in [6.45, 7) is 10.8. The second-order valence-corrected chi connectivity index (χ2v) is 11.2. The summed E-state index contributed by atoms with van der Waals surface area (Å²) in [5, 5.41) is 0.573. The van der Waals surface area contributed by atoms with E-state index in [1.165, 1.54) is 4.90 Å². The van der Waals surface area contributed by atoms with Crippen molar-refractivity contribution >= 4 is 35.0 Å². The molecule has 0 spiro atoms. The molecule has 3 rings (SSSR count). The van der Waals surface area contributed by atoms with Crippen LogP contribution in [-0.2, 0) is 20.9 Å². The largest absolute Gasteiger partial charge is 0.329 e. The zero-order valence-corrected chi connectivity index (χ0v) is 22.1. The Morgan fingerprint density at radius 3 is 2.43 bits per heavy atom. The highest BCUT2D eigenvalue weighted by atomic mass is 35.5. The standard InChI is InChI=1S/C28H36ClN3O3/c1-20(15-28(3,4)5)14-25(33)30(16-22-10-7-6-8-11-22)17-26(34)31-18-27(35)32(19-31)24-13-9-12-23(29)21(24)2/h6-13,20H,14-19H2,1-5H3. The maximum atomic E-state index is 13.3. The Balaban J connectivity index is 1.72. The van der Waals surface area contributed by atoms with E-state index in [1.807, 2.05) is 43.3 Å². The number of hydrogen-bond donors (Lipinski definition) is 0. The van der Waals surface area contributed by atoms with Crippen molar-refractivity contribution in [2.75, 3.05) is 24.7 Å². The molecule has 7 heteroatoms. The average Bonchev–Trinajstić information content (AvgIpc) is 3.16. The molecule has 1 heterocycles. The summed E-state index contributed by atoms with van der Waals surface area (Å²) < 4.78 is 0. The number of nitrogens with zero attached hydrogens (tertiary/aromatic N) is 3. The van der Waals surface area contributed by atoms with Gasteiger partial charge >= 0.3 is 0 Å². The van der Waals surface area contributed by atoms with Gasteiger partial charge in [-0.05, 0) is 47.9 Å². The van der Waals surface area contributed by atoms with E-state index in [4.69, 9.17) is 11.6 Å². The van der Waals surface area contributed by atoms with Crippen molar-refractivity contribution in [2.45, 2.75) is 54.0 Å². The first-order chi connectivity index (χ1) is 16.4. The lowest BCUT2D eigenvalue weighted by molar-refractivity contribution is -0.141. The van der Waals surface area contributed by atoms with Crippen LogP contribution in [0.4, 0.5) is 5.69 Å². The first-order valence-electron chi connectivity index (χ1n) is 12.1. The Morgan fingerprint density at radius 2 is 1.77 bits per heavy atom. The van der Waals surface area contributed by atoms with E-state index < -0.39 is 0 Å². The molecule has 1 atom stereocenters. The number of carbonyl (C=O) groups excluding carboxylic acids is 3. The molecule has 35 heavy (non-hydrogen) atoms. The molecular formula is C28H36ClN3O3. The fourth-order valence-electron chi connectivity index (χ4n) is 4.66. The van der Waals surface area contributed by atoms with Crippen LogP contribution in [0.1, 0.15) is 51.7 Å².